The fourth-order valence-corrected chi connectivity index (χ4v) is 1.78. The third-order valence-electron chi connectivity index (χ3n) is 2.40. The van der Waals surface area contributed by atoms with Crippen LogP contribution in [0.1, 0.15) is 12.8 Å². The van der Waals surface area contributed by atoms with E-state index in [0.717, 1.165) is 0 Å². The van der Waals surface area contributed by atoms with Gasteiger partial charge in [-0.2, -0.15) is 0 Å². The number of carboxylic acids is 3. The molecule has 2 atom stereocenters. The highest BCUT2D eigenvalue weighted by Gasteiger charge is 2.39. The van der Waals surface area contributed by atoms with Gasteiger partial charge in [0.25, 0.3) is 0 Å². The molecule has 6 nitrogen and oxygen atoms in total. The van der Waals surface area contributed by atoms with Gasteiger partial charge in [-0.3, -0.25) is 9.59 Å². The first-order valence-corrected chi connectivity index (χ1v) is 4.31. The molecule has 0 fully saturated rings. The molecule has 0 heterocycles. The molecule has 82 valence electrons. The Morgan fingerprint density at radius 1 is 1.27 bits per heavy atom. The molecular weight excluding hydrogens is 204 g/mol. The molecule has 0 aromatic carbocycles. The fraction of sp³-hybridized carbons (Fsp3) is 0.444. The Morgan fingerprint density at radius 3 is 2.27 bits per heavy atom. The van der Waals surface area contributed by atoms with Crippen molar-refractivity contribution in [2.24, 2.45) is 11.8 Å². The first-order chi connectivity index (χ1) is 6.93. The van der Waals surface area contributed by atoms with Gasteiger partial charge < -0.3 is 15.3 Å². The molecule has 1 aliphatic rings. The number of carboxylic acid groups (broad SMARTS) is 3. The van der Waals surface area contributed by atoms with Gasteiger partial charge in [0.05, 0.1) is 5.92 Å². The van der Waals surface area contributed by atoms with Crippen molar-refractivity contribution in [3.8, 4) is 0 Å². The van der Waals surface area contributed by atoms with Crippen molar-refractivity contribution in [1.29, 1.82) is 0 Å². The average Bonchev–Trinajstić information content (AvgIpc) is 2.46. The maximum Gasteiger partial charge on any atom is 0.332 e. The summed E-state index contributed by atoms with van der Waals surface area (Å²) in [5.74, 6) is -5.57. The molecule has 0 spiro atoms. The van der Waals surface area contributed by atoms with E-state index in [1.54, 1.807) is 0 Å². The molecule has 0 radical (unpaired) electrons. The first-order valence-electron chi connectivity index (χ1n) is 4.31. The van der Waals surface area contributed by atoms with Crippen LogP contribution in [0.25, 0.3) is 0 Å². The third kappa shape index (κ3) is 2.34. The van der Waals surface area contributed by atoms with Crippen LogP contribution in [0.4, 0.5) is 0 Å². The molecule has 0 aliphatic heterocycles. The number of aliphatic carboxylic acids is 3. The van der Waals surface area contributed by atoms with Crippen LogP contribution in [-0.4, -0.2) is 33.2 Å². The molecule has 0 saturated heterocycles. The molecular formula is C9H10O6. The van der Waals surface area contributed by atoms with Crippen LogP contribution >= 0.6 is 0 Å². The van der Waals surface area contributed by atoms with Gasteiger partial charge in [-0.1, -0.05) is 6.08 Å². The van der Waals surface area contributed by atoms with Crippen molar-refractivity contribution in [2.75, 3.05) is 0 Å². The minimum Gasteiger partial charge on any atom is -0.481 e. The second kappa shape index (κ2) is 4.12. The summed E-state index contributed by atoms with van der Waals surface area (Å²) in [4.78, 5) is 31.9. The smallest absolute Gasteiger partial charge is 0.332 e. The van der Waals surface area contributed by atoms with Crippen LogP contribution in [0.15, 0.2) is 11.6 Å². The molecule has 0 unspecified atom stereocenters. The Morgan fingerprint density at radius 2 is 1.87 bits per heavy atom. The number of carbonyl (C=O) groups is 3. The fourth-order valence-electron chi connectivity index (χ4n) is 1.78. The Kier molecular flexibility index (Phi) is 3.08. The van der Waals surface area contributed by atoms with Crippen molar-refractivity contribution < 1.29 is 29.7 Å². The summed E-state index contributed by atoms with van der Waals surface area (Å²) >= 11 is 0. The van der Waals surface area contributed by atoms with Gasteiger partial charge >= 0.3 is 17.9 Å². The van der Waals surface area contributed by atoms with Crippen molar-refractivity contribution in [1.82, 2.24) is 0 Å². The Bertz CT molecular complexity index is 343. The number of allylic oxidation sites excluding steroid dienone is 1. The quantitative estimate of drug-likeness (QED) is 0.616. The lowest BCUT2D eigenvalue weighted by Gasteiger charge is -2.14. The lowest BCUT2D eigenvalue weighted by molar-refractivity contribution is -0.146. The predicted molar refractivity (Wildman–Crippen MR) is 47.2 cm³/mol. The highest BCUT2D eigenvalue weighted by atomic mass is 16.4. The van der Waals surface area contributed by atoms with E-state index in [2.05, 4.69) is 0 Å². The van der Waals surface area contributed by atoms with Crippen molar-refractivity contribution in [3.63, 3.8) is 0 Å². The van der Waals surface area contributed by atoms with Gasteiger partial charge in [-0.05, 0) is 12.3 Å². The number of rotatable bonds is 4. The van der Waals surface area contributed by atoms with Crippen molar-refractivity contribution in [3.05, 3.63) is 11.6 Å². The zero-order chi connectivity index (χ0) is 11.6. The summed E-state index contributed by atoms with van der Waals surface area (Å²) in [6.07, 6.45) is 1.14. The van der Waals surface area contributed by atoms with E-state index in [4.69, 9.17) is 15.3 Å². The normalized spacial score (nSPS) is 24.7. The maximum absolute atomic E-state index is 10.8. The highest BCUT2D eigenvalue weighted by molar-refractivity contribution is 5.95. The van der Waals surface area contributed by atoms with E-state index in [-0.39, 0.29) is 18.4 Å². The van der Waals surface area contributed by atoms with Gasteiger partial charge in [-0.25, -0.2) is 4.79 Å². The Hall–Kier alpha value is -1.85. The molecule has 6 heteroatoms. The van der Waals surface area contributed by atoms with Crippen LogP contribution in [0.5, 0.6) is 0 Å². The van der Waals surface area contributed by atoms with Crippen LogP contribution in [-0.2, 0) is 14.4 Å². The first kappa shape index (κ1) is 11.2. The highest BCUT2D eigenvalue weighted by Crippen LogP contribution is 2.34. The van der Waals surface area contributed by atoms with E-state index in [0.29, 0.717) is 0 Å². The number of hydrogen-bond donors (Lipinski definition) is 3. The standard InChI is InChI=1S/C9H10O6/c10-6(11)3-4-1-2-5(8(12)13)7(4)9(14)15/h2,4,7H,1,3H2,(H,10,11)(H,12,13)(H,14,15)/t4-,7-/m1/s1. The van der Waals surface area contributed by atoms with Gasteiger partial charge in [0.1, 0.15) is 0 Å². The molecule has 0 aromatic heterocycles. The van der Waals surface area contributed by atoms with Crippen molar-refractivity contribution >= 4 is 17.9 Å². The van der Waals surface area contributed by atoms with E-state index in [9.17, 15) is 14.4 Å². The zero-order valence-corrected chi connectivity index (χ0v) is 7.71. The number of hydrogen-bond acceptors (Lipinski definition) is 3. The largest absolute Gasteiger partial charge is 0.481 e. The van der Waals surface area contributed by atoms with Crippen LogP contribution in [0, 0.1) is 11.8 Å². The van der Waals surface area contributed by atoms with E-state index < -0.39 is 29.7 Å². The lowest BCUT2D eigenvalue weighted by atomic mass is 9.88. The molecule has 1 rings (SSSR count). The molecule has 0 amide bonds. The van der Waals surface area contributed by atoms with E-state index in [1.165, 1.54) is 6.08 Å². The minimum absolute atomic E-state index is 0.185. The Labute approximate surface area is 84.8 Å². The summed E-state index contributed by atoms with van der Waals surface area (Å²) in [6, 6.07) is 0. The predicted octanol–water partition coefficient (Wildman–Crippen LogP) is 0.193. The van der Waals surface area contributed by atoms with Crippen molar-refractivity contribution in [2.45, 2.75) is 12.8 Å². The SMILES string of the molecule is O=C(O)C[C@H]1CC=C(C(=O)O)[C@@H]1C(=O)O. The molecule has 0 saturated carbocycles. The van der Waals surface area contributed by atoms with E-state index in [1.807, 2.05) is 0 Å². The van der Waals surface area contributed by atoms with Gasteiger partial charge in [0.2, 0.25) is 0 Å². The van der Waals surface area contributed by atoms with Gasteiger partial charge in [-0.15, -0.1) is 0 Å². The monoisotopic (exact) mass is 214 g/mol. The van der Waals surface area contributed by atoms with Crippen LogP contribution < -0.4 is 0 Å². The van der Waals surface area contributed by atoms with Gasteiger partial charge in [0, 0.05) is 12.0 Å². The molecule has 15 heavy (non-hydrogen) atoms. The molecule has 3 N–H and O–H groups in total. The summed E-state index contributed by atoms with van der Waals surface area (Å²) in [7, 11) is 0. The average molecular weight is 214 g/mol. The molecule has 1 aliphatic carbocycles. The Balaban J connectivity index is 2.85. The zero-order valence-electron chi connectivity index (χ0n) is 7.71. The lowest BCUT2D eigenvalue weighted by Crippen LogP contribution is -2.26. The summed E-state index contributed by atoms with van der Waals surface area (Å²) in [5.41, 5.74) is -0.214. The minimum atomic E-state index is -1.30. The molecule has 0 aromatic rings. The van der Waals surface area contributed by atoms with Gasteiger partial charge in [0.15, 0.2) is 0 Å². The summed E-state index contributed by atoms with van der Waals surface area (Å²) in [5, 5.41) is 26.1. The maximum atomic E-state index is 10.8. The second-order valence-electron chi connectivity index (χ2n) is 3.37. The topological polar surface area (TPSA) is 112 Å². The van der Waals surface area contributed by atoms with Crippen LogP contribution in [0.3, 0.4) is 0 Å². The molecule has 0 bridgehead atoms. The summed E-state index contributed by atoms with van der Waals surface area (Å²) < 4.78 is 0. The summed E-state index contributed by atoms with van der Waals surface area (Å²) in [6.45, 7) is 0. The third-order valence-corrected chi connectivity index (χ3v) is 2.40. The van der Waals surface area contributed by atoms with E-state index >= 15 is 0 Å². The second-order valence-corrected chi connectivity index (χ2v) is 3.37. The van der Waals surface area contributed by atoms with Crippen LogP contribution in [0.2, 0.25) is 0 Å².